The smallest absolute Gasteiger partial charge is 0.257 e. The van der Waals surface area contributed by atoms with Crippen LogP contribution in [0.15, 0.2) is 43.0 Å². The number of likely N-dealkylation sites (tertiary alicyclic amines) is 2. The fraction of sp³-hybridized carbons (Fsp3) is 0.368. The lowest BCUT2D eigenvalue weighted by molar-refractivity contribution is -0.144. The predicted molar refractivity (Wildman–Crippen MR) is 91.4 cm³/mol. The number of benzene rings is 1. The van der Waals surface area contributed by atoms with Crippen LogP contribution in [0.25, 0.3) is 0 Å². The van der Waals surface area contributed by atoms with Gasteiger partial charge in [-0.15, -0.1) is 0 Å². The van der Waals surface area contributed by atoms with Gasteiger partial charge in [0.05, 0.1) is 5.56 Å². The van der Waals surface area contributed by atoms with Gasteiger partial charge in [-0.2, -0.15) is 0 Å². The van der Waals surface area contributed by atoms with E-state index in [1.54, 1.807) is 15.9 Å². The molecule has 1 aromatic carbocycles. The summed E-state index contributed by atoms with van der Waals surface area (Å²) in [6, 6.07) is 5.82. The highest BCUT2D eigenvalue weighted by Crippen LogP contribution is 2.31. The van der Waals surface area contributed by atoms with Crippen LogP contribution in [0, 0.1) is 11.7 Å². The Morgan fingerprint density at radius 2 is 2.08 bits per heavy atom. The van der Waals surface area contributed by atoms with Gasteiger partial charge < -0.3 is 9.80 Å². The van der Waals surface area contributed by atoms with E-state index in [1.165, 1.54) is 30.9 Å². The zero-order valence-electron chi connectivity index (χ0n) is 14.2. The van der Waals surface area contributed by atoms with Crippen molar-refractivity contribution in [2.75, 3.05) is 13.1 Å². The molecule has 2 saturated heterocycles. The lowest BCUT2D eigenvalue weighted by Crippen LogP contribution is -2.59. The van der Waals surface area contributed by atoms with Gasteiger partial charge in [-0.1, -0.05) is 12.1 Å². The molecule has 1 aromatic heterocycles. The third-order valence-corrected chi connectivity index (χ3v) is 5.12. The first-order valence-corrected chi connectivity index (χ1v) is 8.71. The molecule has 6 nitrogen and oxygen atoms in total. The van der Waals surface area contributed by atoms with Crippen LogP contribution in [0.2, 0.25) is 0 Å². The Labute approximate surface area is 150 Å². The number of piperidine rings is 2. The summed E-state index contributed by atoms with van der Waals surface area (Å²) in [5.41, 5.74) is 1.15. The van der Waals surface area contributed by atoms with Gasteiger partial charge in [-0.3, -0.25) is 9.59 Å². The molecule has 2 aromatic rings. The number of hydrogen-bond acceptors (Lipinski definition) is 4. The van der Waals surface area contributed by atoms with Crippen LogP contribution < -0.4 is 0 Å². The maximum Gasteiger partial charge on any atom is 0.257 e. The van der Waals surface area contributed by atoms with Crippen molar-refractivity contribution in [2.24, 2.45) is 5.92 Å². The highest BCUT2D eigenvalue weighted by atomic mass is 19.1. The van der Waals surface area contributed by atoms with E-state index in [0.29, 0.717) is 37.5 Å². The van der Waals surface area contributed by atoms with Crippen LogP contribution in [-0.4, -0.2) is 50.7 Å². The van der Waals surface area contributed by atoms with Crippen LogP contribution >= 0.6 is 0 Å². The van der Waals surface area contributed by atoms with Gasteiger partial charge in [0.25, 0.3) is 5.91 Å². The fourth-order valence-corrected chi connectivity index (χ4v) is 3.87. The second-order valence-electron chi connectivity index (χ2n) is 6.88. The van der Waals surface area contributed by atoms with Gasteiger partial charge in [0.1, 0.15) is 18.2 Å². The Balaban J connectivity index is 1.54. The summed E-state index contributed by atoms with van der Waals surface area (Å²) < 4.78 is 13.4. The minimum atomic E-state index is -0.469. The van der Waals surface area contributed by atoms with Gasteiger partial charge in [-0.25, -0.2) is 14.4 Å². The van der Waals surface area contributed by atoms with Crippen LogP contribution in [-0.2, 0) is 11.3 Å². The van der Waals surface area contributed by atoms with Gasteiger partial charge in [0.2, 0.25) is 5.91 Å². The molecule has 26 heavy (non-hydrogen) atoms. The molecule has 2 amide bonds. The minimum Gasteiger partial charge on any atom is -0.336 e. The predicted octanol–water partition coefficient (Wildman–Crippen LogP) is 1.88. The monoisotopic (exact) mass is 354 g/mol. The summed E-state index contributed by atoms with van der Waals surface area (Å²) in [6.45, 7) is 1.57. The molecule has 0 saturated carbocycles. The van der Waals surface area contributed by atoms with Crippen molar-refractivity contribution in [1.82, 2.24) is 19.8 Å². The van der Waals surface area contributed by atoms with Crippen LogP contribution in [0.3, 0.4) is 0 Å². The quantitative estimate of drug-likeness (QED) is 0.844. The Morgan fingerprint density at radius 1 is 1.27 bits per heavy atom. The standard InChI is InChI=1S/C19H19FN4O2/c20-16-3-1-2-13(6-16)10-23-11-14-4-5-24(17(7-14)19(23)26)18(25)15-8-21-12-22-9-15/h1-3,6,8-9,12,14,17H,4-5,7,10-11H2/t14-,17+/m0/s1. The van der Waals surface area contributed by atoms with E-state index in [1.807, 2.05) is 6.07 Å². The Kier molecular flexibility index (Phi) is 4.36. The van der Waals surface area contributed by atoms with Crippen LogP contribution in [0.1, 0.15) is 28.8 Å². The van der Waals surface area contributed by atoms with Gasteiger partial charge in [0.15, 0.2) is 0 Å². The van der Waals surface area contributed by atoms with E-state index in [0.717, 1.165) is 12.0 Å². The van der Waals surface area contributed by atoms with Crippen molar-refractivity contribution >= 4 is 11.8 Å². The molecular weight excluding hydrogens is 335 g/mol. The van der Waals surface area contributed by atoms with Crippen molar-refractivity contribution < 1.29 is 14.0 Å². The molecule has 134 valence electrons. The zero-order chi connectivity index (χ0) is 18.1. The summed E-state index contributed by atoms with van der Waals surface area (Å²) in [5, 5.41) is 0. The molecule has 7 heteroatoms. The Bertz CT molecular complexity index is 829. The first-order valence-electron chi connectivity index (χ1n) is 8.71. The summed E-state index contributed by atoms with van der Waals surface area (Å²) in [4.78, 5) is 36.9. The number of hydrogen-bond donors (Lipinski definition) is 0. The fourth-order valence-electron chi connectivity index (χ4n) is 3.87. The second kappa shape index (κ2) is 6.82. The number of amides is 2. The average molecular weight is 354 g/mol. The molecule has 2 atom stereocenters. The first kappa shape index (κ1) is 16.6. The van der Waals surface area contributed by atoms with Crippen molar-refractivity contribution in [3.8, 4) is 0 Å². The largest absolute Gasteiger partial charge is 0.336 e. The van der Waals surface area contributed by atoms with Crippen LogP contribution in [0.4, 0.5) is 4.39 Å². The number of rotatable bonds is 3. The molecule has 0 unspecified atom stereocenters. The third kappa shape index (κ3) is 3.16. The number of fused-ring (bicyclic) bond motifs is 2. The molecule has 0 spiro atoms. The molecule has 2 aliphatic rings. The molecule has 0 radical (unpaired) electrons. The maximum absolute atomic E-state index is 13.4. The van der Waals surface area contributed by atoms with Gasteiger partial charge in [0, 0.05) is 32.0 Å². The highest BCUT2D eigenvalue weighted by molar-refractivity contribution is 5.97. The molecule has 2 bridgehead atoms. The van der Waals surface area contributed by atoms with E-state index < -0.39 is 6.04 Å². The molecular formula is C19H19FN4O2. The zero-order valence-corrected chi connectivity index (χ0v) is 14.2. The Hall–Kier alpha value is -2.83. The average Bonchev–Trinajstić information content (AvgIpc) is 2.66. The lowest BCUT2D eigenvalue weighted by Gasteiger charge is -2.46. The van der Waals surface area contributed by atoms with E-state index in [9.17, 15) is 14.0 Å². The van der Waals surface area contributed by atoms with Crippen molar-refractivity contribution in [3.05, 3.63) is 59.9 Å². The molecule has 0 N–H and O–H groups in total. The van der Waals surface area contributed by atoms with E-state index in [4.69, 9.17) is 0 Å². The topological polar surface area (TPSA) is 66.4 Å². The van der Waals surface area contributed by atoms with E-state index >= 15 is 0 Å². The van der Waals surface area contributed by atoms with Crippen molar-refractivity contribution in [3.63, 3.8) is 0 Å². The maximum atomic E-state index is 13.4. The molecule has 2 fully saturated rings. The van der Waals surface area contributed by atoms with Crippen molar-refractivity contribution in [1.29, 1.82) is 0 Å². The van der Waals surface area contributed by atoms with E-state index in [2.05, 4.69) is 9.97 Å². The summed E-state index contributed by atoms with van der Waals surface area (Å²) >= 11 is 0. The summed E-state index contributed by atoms with van der Waals surface area (Å²) in [6.07, 6.45) is 5.84. The lowest BCUT2D eigenvalue weighted by atomic mass is 9.85. The first-order chi connectivity index (χ1) is 12.6. The number of carbonyl (C=O) groups excluding carboxylic acids is 2. The number of nitrogens with zero attached hydrogens (tertiary/aromatic N) is 4. The molecule has 0 aliphatic carbocycles. The number of halogens is 1. The molecule has 4 rings (SSSR count). The third-order valence-electron chi connectivity index (χ3n) is 5.12. The molecule has 2 aliphatic heterocycles. The minimum absolute atomic E-state index is 0.0737. The van der Waals surface area contributed by atoms with E-state index in [-0.39, 0.29) is 17.6 Å². The summed E-state index contributed by atoms with van der Waals surface area (Å²) in [5.74, 6) is -0.235. The SMILES string of the molecule is O=C1[C@H]2C[C@H](CCN2C(=O)c2cncnc2)CN1Cc1cccc(F)c1. The number of aromatic nitrogens is 2. The Morgan fingerprint density at radius 3 is 2.85 bits per heavy atom. The van der Waals surface area contributed by atoms with Gasteiger partial charge >= 0.3 is 0 Å². The van der Waals surface area contributed by atoms with Crippen molar-refractivity contribution in [2.45, 2.75) is 25.4 Å². The number of carbonyl (C=O) groups is 2. The van der Waals surface area contributed by atoms with Crippen LogP contribution in [0.5, 0.6) is 0 Å². The highest BCUT2D eigenvalue weighted by Gasteiger charge is 2.43. The second-order valence-corrected chi connectivity index (χ2v) is 6.88. The summed E-state index contributed by atoms with van der Waals surface area (Å²) in [7, 11) is 0. The normalized spacial score (nSPS) is 22.4. The van der Waals surface area contributed by atoms with Gasteiger partial charge in [-0.05, 0) is 36.5 Å². The molecule has 3 heterocycles.